The smallest absolute Gasteiger partial charge is 0.0266 e. The van der Waals surface area contributed by atoms with E-state index in [1.54, 1.807) is 0 Å². The van der Waals surface area contributed by atoms with Crippen LogP contribution in [0, 0.1) is 0 Å². The SMILES string of the molecule is CC(N)c1ccccc1.[Mn]. The Labute approximate surface area is 72.1 Å². The fraction of sp³-hybridized carbons (Fsp3) is 0.250. The summed E-state index contributed by atoms with van der Waals surface area (Å²) in [6.45, 7) is 1.98. The van der Waals surface area contributed by atoms with Gasteiger partial charge in [-0.2, -0.15) is 0 Å². The first kappa shape index (κ1) is 9.70. The zero-order valence-corrected chi connectivity index (χ0v) is 7.10. The summed E-state index contributed by atoms with van der Waals surface area (Å²) < 4.78 is 0. The van der Waals surface area contributed by atoms with Crippen molar-refractivity contribution in [3.05, 3.63) is 35.9 Å². The molecule has 0 saturated carbocycles. The van der Waals surface area contributed by atoms with Crippen LogP contribution < -0.4 is 5.73 Å². The average molecular weight is 176 g/mol. The van der Waals surface area contributed by atoms with Gasteiger partial charge in [-0.1, -0.05) is 30.3 Å². The van der Waals surface area contributed by atoms with Gasteiger partial charge in [0.2, 0.25) is 0 Å². The number of rotatable bonds is 1. The Morgan fingerprint density at radius 2 is 1.70 bits per heavy atom. The molecule has 1 nitrogen and oxygen atoms in total. The maximum absolute atomic E-state index is 5.61. The van der Waals surface area contributed by atoms with Gasteiger partial charge < -0.3 is 5.73 Å². The maximum atomic E-state index is 5.61. The van der Waals surface area contributed by atoms with Crippen LogP contribution in [-0.2, 0) is 17.1 Å². The van der Waals surface area contributed by atoms with Crippen molar-refractivity contribution < 1.29 is 17.1 Å². The Hall–Kier alpha value is -0.301. The molecule has 0 aliphatic heterocycles. The minimum Gasteiger partial charge on any atom is -0.324 e. The van der Waals surface area contributed by atoms with Crippen LogP contribution in [0.1, 0.15) is 18.5 Å². The van der Waals surface area contributed by atoms with Gasteiger partial charge in [0.1, 0.15) is 0 Å². The van der Waals surface area contributed by atoms with Crippen molar-refractivity contribution in [1.29, 1.82) is 0 Å². The molecule has 0 bridgehead atoms. The molecule has 0 fully saturated rings. The monoisotopic (exact) mass is 176 g/mol. The molecule has 1 aromatic rings. The summed E-state index contributed by atoms with van der Waals surface area (Å²) in [4.78, 5) is 0. The van der Waals surface area contributed by atoms with E-state index in [9.17, 15) is 0 Å². The van der Waals surface area contributed by atoms with Crippen molar-refractivity contribution in [2.45, 2.75) is 13.0 Å². The molecule has 2 N–H and O–H groups in total. The number of benzene rings is 1. The number of hydrogen-bond donors (Lipinski definition) is 1. The van der Waals surface area contributed by atoms with Crippen LogP contribution >= 0.6 is 0 Å². The Morgan fingerprint density at radius 1 is 1.20 bits per heavy atom. The van der Waals surface area contributed by atoms with Gasteiger partial charge in [-0.05, 0) is 12.5 Å². The molecule has 1 aromatic carbocycles. The average Bonchev–Trinajstić information content (AvgIpc) is 1.90. The second-order valence-corrected chi connectivity index (χ2v) is 2.20. The molecular formula is C8H11MnN. The minimum atomic E-state index is 0. The summed E-state index contributed by atoms with van der Waals surface area (Å²) in [6.07, 6.45) is 0. The van der Waals surface area contributed by atoms with Gasteiger partial charge in [0.15, 0.2) is 0 Å². The molecule has 0 aromatic heterocycles. The third kappa shape index (κ3) is 2.52. The van der Waals surface area contributed by atoms with Crippen LogP contribution in [0.5, 0.6) is 0 Å². The van der Waals surface area contributed by atoms with E-state index in [1.807, 2.05) is 37.3 Å². The number of nitrogens with two attached hydrogens (primary N) is 1. The fourth-order valence-corrected chi connectivity index (χ4v) is 0.757. The third-order valence-electron chi connectivity index (χ3n) is 1.33. The van der Waals surface area contributed by atoms with Gasteiger partial charge in [-0.15, -0.1) is 0 Å². The van der Waals surface area contributed by atoms with Crippen molar-refractivity contribution >= 4 is 0 Å². The van der Waals surface area contributed by atoms with Crippen molar-refractivity contribution in [1.82, 2.24) is 0 Å². The summed E-state index contributed by atoms with van der Waals surface area (Å²) in [5.41, 5.74) is 6.81. The first-order valence-electron chi connectivity index (χ1n) is 3.11. The first-order valence-corrected chi connectivity index (χ1v) is 3.11. The van der Waals surface area contributed by atoms with Gasteiger partial charge in [0.05, 0.1) is 0 Å². The van der Waals surface area contributed by atoms with Crippen LogP contribution in [0.25, 0.3) is 0 Å². The van der Waals surface area contributed by atoms with Gasteiger partial charge in [-0.3, -0.25) is 0 Å². The summed E-state index contributed by atoms with van der Waals surface area (Å²) in [5, 5.41) is 0. The molecule has 0 aliphatic rings. The molecule has 0 saturated heterocycles. The molecule has 1 radical (unpaired) electrons. The minimum absolute atomic E-state index is 0. The first-order chi connectivity index (χ1) is 4.30. The molecule has 10 heavy (non-hydrogen) atoms. The normalized spacial score (nSPS) is 11.8. The van der Waals surface area contributed by atoms with E-state index < -0.39 is 0 Å². The van der Waals surface area contributed by atoms with Gasteiger partial charge in [0.25, 0.3) is 0 Å². The van der Waals surface area contributed by atoms with Crippen molar-refractivity contribution in [2.24, 2.45) is 5.73 Å². The van der Waals surface area contributed by atoms with Gasteiger partial charge in [-0.25, -0.2) is 0 Å². The third-order valence-corrected chi connectivity index (χ3v) is 1.33. The molecule has 0 amide bonds. The van der Waals surface area contributed by atoms with Crippen LogP contribution in [-0.4, -0.2) is 0 Å². The molecule has 0 spiro atoms. The van der Waals surface area contributed by atoms with Gasteiger partial charge >= 0.3 is 0 Å². The molecule has 1 atom stereocenters. The molecule has 2 heteroatoms. The fourth-order valence-electron chi connectivity index (χ4n) is 0.757. The summed E-state index contributed by atoms with van der Waals surface area (Å²) in [6, 6.07) is 10.2. The van der Waals surface area contributed by atoms with E-state index in [-0.39, 0.29) is 23.1 Å². The van der Waals surface area contributed by atoms with E-state index in [2.05, 4.69) is 0 Å². The largest absolute Gasteiger partial charge is 0.324 e. The molecule has 1 rings (SSSR count). The van der Waals surface area contributed by atoms with E-state index in [0.29, 0.717) is 0 Å². The van der Waals surface area contributed by atoms with E-state index in [1.165, 1.54) is 5.56 Å². The summed E-state index contributed by atoms with van der Waals surface area (Å²) in [5.74, 6) is 0. The second-order valence-electron chi connectivity index (χ2n) is 2.20. The molecular weight excluding hydrogens is 165 g/mol. The van der Waals surface area contributed by atoms with Crippen LogP contribution in [0.2, 0.25) is 0 Å². The van der Waals surface area contributed by atoms with Crippen molar-refractivity contribution in [3.8, 4) is 0 Å². The predicted octanol–water partition coefficient (Wildman–Crippen LogP) is 1.70. The quantitative estimate of drug-likeness (QED) is 0.647. The molecule has 55 valence electrons. The van der Waals surface area contributed by atoms with Gasteiger partial charge in [0, 0.05) is 23.1 Å². The standard InChI is InChI=1S/C8H11N.Mn/c1-7(9)8-5-3-2-4-6-8;/h2-7H,9H2,1H3;. The Morgan fingerprint density at radius 3 is 2.00 bits per heavy atom. The Kier molecular flexibility index (Phi) is 4.37. The summed E-state index contributed by atoms with van der Waals surface area (Å²) in [7, 11) is 0. The Balaban J connectivity index is 0.000000810. The van der Waals surface area contributed by atoms with E-state index >= 15 is 0 Å². The summed E-state index contributed by atoms with van der Waals surface area (Å²) >= 11 is 0. The van der Waals surface area contributed by atoms with Crippen LogP contribution in [0.3, 0.4) is 0 Å². The van der Waals surface area contributed by atoms with E-state index in [0.717, 1.165) is 0 Å². The van der Waals surface area contributed by atoms with E-state index in [4.69, 9.17) is 5.73 Å². The van der Waals surface area contributed by atoms with Crippen LogP contribution in [0.4, 0.5) is 0 Å². The molecule has 0 heterocycles. The Bertz CT molecular complexity index is 172. The molecule has 1 unspecified atom stereocenters. The predicted molar refractivity (Wildman–Crippen MR) is 39.0 cm³/mol. The number of hydrogen-bond acceptors (Lipinski definition) is 1. The van der Waals surface area contributed by atoms with Crippen molar-refractivity contribution in [2.75, 3.05) is 0 Å². The molecule has 0 aliphatic carbocycles. The maximum Gasteiger partial charge on any atom is 0.0266 e. The second kappa shape index (κ2) is 4.50. The zero-order valence-electron chi connectivity index (χ0n) is 5.92. The topological polar surface area (TPSA) is 26.0 Å². The van der Waals surface area contributed by atoms with Crippen molar-refractivity contribution in [3.63, 3.8) is 0 Å². The zero-order chi connectivity index (χ0) is 6.69. The van der Waals surface area contributed by atoms with Crippen LogP contribution in [0.15, 0.2) is 30.3 Å².